The van der Waals surface area contributed by atoms with Crippen molar-refractivity contribution < 1.29 is 19.4 Å². The third-order valence-corrected chi connectivity index (χ3v) is 3.05. The number of nitrogens with one attached hydrogen (secondary N) is 1. The Balaban J connectivity index is 3.12. The summed E-state index contributed by atoms with van der Waals surface area (Å²) in [6.07, 6.45) is 0. The molecular weight excluding hydrogens is 258 g/mol. The van der Waals surface area contributed by atoms with Crippen LogP contribution in [-0.2, 0) is 16.8 Å². The molecule has 0 heterocycles. The normalized spacial score (nSPS) is 11.2. The van der Waals surface area contributed by atoms with Crippen LogP contribution in [0.1, 0.15) is 31.9 Å². The summed E-state index contributed by atoms with van der Waals surface area (Å²) >= 11 is 0. The number of ether oxygens (including phenoxy) is 2. The van der Waals surface area contributed by atoms with Crippen molar-refractivity contribution in [3.05, 3.63) is 23.3 Å². The molecule has 1 aromatic rings. The van der Waals surface area contributed by atoms with Gasteiger partial charge in [0.05, 0.1) is 20.8 Å². The molecule has 1 aromatic carbocycles. The number of methoxy groups -OCH3 is 2. The molecule has 0 aliphatic carbocycles. The lowest BCUT2D eigenvalue weighted by atomic mass is 9.86. The van der Waals surface area contributed by atoms with Gasteiger partial charge in [-0.15, -0.1) is 0 Å². The number of benzene rings is 1. The van der Waals surface area contributed by atoms with Gasteiger partial charge in [-0.1, -0.05) is 20.8 Å². The van der Waals surface area contributed by atoms with Crippen molar-refractivity contribution in [3.8, 4) is 11.5 Å². The topological polar surface area (TPSA) is 67.8 Å². The van der Waals surface area contributed by atoms with Crippen LogP contribution in [0.3, 0.4) is 0 Å². The van der Waals surface area contributed by atoms with Crippen LogP contribution in [0.5, 0.6) is 11.5 Å². The van der Waals surface area contributed by atoms with E-state index in [0.717, 1.165) is 11.1 Å². The second kappa shape index (κ2) is 6.61. The van der Waals surface area contributed by atoms with Crippen LogP contribution in [0.25, 0.3) is 0 Å². The van der Waals surface area contributed by atoms with Gasteiger partial charge in [-0.3, -0.25) is 4.79 Å². The Morgan fingerprint density at radius 3 is 2.05 bits per heavy atom. The maximum absolute atomic E-state index is 10.6. The molecule has 0 aliphatic rings. The first-order valence-corrected chi connectivity index (χ1v) is 6.47. The lowest BCUT2D eigenvalue weighted by Gasteiger charge is -2.23. The van der Waals surface area contributed by atoms with Gasteiger partial charge in [-0.2, -0.15) is 0 Å². The Morgan fingerprint density at radius 2 is 1.70 bits per heavy atom. The molecule has 20 heavy (non-hydrogen) atoms. The highest BCUT2D eigenvalue weighted by Gasteiger charge is 2.19. The van der Waals surface area contributed by atoms with Crippen LogP contribution >= 0.6 is 0 Å². The van der Waals surface area contributed by atoms with Gasteiger partial charge >= 0.3 is 5.97 Å². The highest BCUT2D eigenvalue weighted by molar-refractivity contribution is 5.69. The lowest BCUT2D eigenvalue weighted by Crippen LogP contribution is -2.22. The van der Waals surface area contributed by atoms with E-state index < -0.39 is 5.97 Å². The standard InChI is InChI=1S/C15H23NO4/c1-15(2,3)10-6-12(19-4)11(13(7-10)20-5)8-16-9-14(17)18/h6-7,16H,8-9H2,1-5H3,(H,17,18). The SMILES string of the molecule is COc1cc(C(C)(C)C)cc(OC)c1CNCC(=O)O. The van der Waals surface area contributed by atoms with Crippen molar-refractivity contribution in [2.75, 3.05) is 20.8 Å². The van der Waals surface area contributed by atoms with E-state index in [1.807, 2.05) is 12.1 Å². The molecular formula is C15H23NO4. The molecule has 0 aromatic heterocycles. The van der Waals surface area contributed by atoms with Gasteiger partial charge in [0.15, 0.2) is 0 Å². The Bertz CT molecular complexity index is 452. The zero-order valence-electron chi connectivity index (χ0n) is 12.7. The average molecular weight is 281 g/mol. The molecule has 1 rings (SSSR count). The number of carbonyl (C=O) groups is 1. The molecule has 5 nitrogen and oxygen atoms in total. The fraction of sp³-hybridized carbons (Fsp3) is 0.533. The van der Waals surface area contributed by atoms with Crippen molar-refractivity contribution in [2.45, 2.75) is 32.7 Å². The third-order valence-electron chi connectivity index (χ3n) is 3.05. The quantitative estimate of drug-likeness (QED) is 0.836. The smallest absolute Gasteiger partial charge is 0.317 e. The summed E-state index contributed by atoms with van der Waals surface area (Å²) in [5, 5.41) is 11.5. The number of carboxylic acids is 1. The number of aliphatic carboxylic acids is 1. The van der Waals surface area contributed by atoms with Crippen LogP contribution in [0, 0.1) is 0 Å². The Kier molecular flexibility index (Phi) is 5.39. The molecule has 0 atom stereocenters. The van der Waals surface area contributed by atoms with E-state index in [4.69, 9.17) is 14.6 Å². The minimum atomic E-state index is -0.894. The van der Waals surface area contributed by atoms with Gasteiger partial charge in [0.2, 0.25) is 0 Å². The molecule has 0 bridgehead atoms. The van der Waals surface area contributed by atoms with E-state index in [1.165, 1.54) is 0 Å². The van der Waals surface area contributed by atoms with Gasteiger partial charge in [0.25, 0.3) is 0 Å². The predicted octanol–water partition coefficient (Wildman–Crippen LogP) is 2.18. The highest BCUT2D eigenvalue weighted by Crippen LogP contribution is 2.35. The third kappa shape index (κ3) is 4.13. The molecule has 0 radical (unpaired) electrons. The zero-order valence-corrected chi connectivity index (χ0v) is 12.7. The summed E-state index contributed by atoms with van der Waals surface area (Å²) in [5.74, 6) is 0.508. The molecule has 5 heteroatoms. The maximum atomic E-state index is 10.6. The summed E-state index contributed by atoms with van der Waals surface area (Å²) in [4.78, 5) is 10.6. The van der Waals surface area contributed by atoms with Crippen molar-refractivity contribution >= 4 is 5.97 Å². The minimum Gasteiger partial charge on any atom is -0.496 e. The van der Waals surface area contributed by atoms with E-state index in [9.17, 15) is 4.79 Å². The fourth-order valence-corrected chi connectivity index (χ4v) is 1.89. The molecule has 0 saturated heterocycles. The predicted molar refractivity (Wildman–Crippen MR) is 77.6 cm³/mol. The zero-order chi connectivity index (χ0) is 15.3. The van der Waals surface area contributed by atoms with E-state index in [-0.39, 0.29) is 12.0 Å². The van der Waals surface area contributed by atoms with Crippen molar-refractivity contribution in [1.29, 1.82) is 0 Å². The van der Waals surface area contributed by atoms with E-state index in [2.05, 4.69) is 26.1 Å². The Labute approximate surface area is 119 Å². The van der Waals surface area contributed by atoms with E-state index >= 15 is 0 Å². The monoisotopic (exact) mass is 281 g/mol. The second-order valence-electron chi connectivity index (χ2n) is 5.61. The summed E-state index contributed by atoms with van der Waals surface area (Å²) < 4.78 is 10.8. The number of hydrogen-bond donors (Lipinski definition) is 2. The van der Waals surface area contributed by atoms with Gasteiger partial charge in [-0.25, -0.2) is 0 Å². The second-order valence-corrected chi connectivity index (χ2v) is 5.61. The number of carboxylic acid groups (broad SMARTS) is 1. The largest absolute Gasteiger partial charge is 0.496 e. The first kappa shape index (κ1) is 16.3. The molecule has 0 unspecified atom stereocenters. The van der Waals surface area contributed by atoms with Gasteiger partial charge in [0.1, 0.15) is 11.5 Å². The van der Waals surface area contributed by atoms with Crippen LogP contribution < -0.4 is 14.8 Å². The lowest BCUT2D eigenvalue weighted by molar-refractivity contribution is -0.136. The molecule has 2 N–H and O–H groups in total. The van der Waals surface area contributed by atoms with Gasteiger partial charge in [0, 0.05) is 12.1 Å². The van der Waals surface area contributed by atoms with Gasteiger partial charge < -0.3 is 19.9 Å². The summed E-state index contributed by atoms with van der Waals surface area (Å²) in [6, 6.07) is 3.95. The van der Waals surface area contributed by atoms with Gasteiger partial charge in [-0.05, 0) is 23.1 Å². The van der Waals surface area contributed by atoms with Crippen molar-refractivity contribution in [3.63, 3.8) is 0 Å². The highest BCUT2D eigenvalue weighted by atomic mass is 16.5. The van der Waals surface area contributed by atoms with E-state index in [1.54, 1.807) is 14.2 Å². The van der Waals surface area contributed by atoms with Crippen LogP contribution in [0.4, 0.5) is 0 Å². The summed E-state index contributed by atoms with van der Waals surface area (Å²) in [6.45, 7) is 6.62. The number of rotatable bonds is 6. The Morgan fingerprint density at radius 1 is 1.20 bits per heavy atom. The minimum absolute atomic E-state index is 0.0203. The van der Waals surface area contributed by atoms with Crippen LogP contribution in [-0.4, -0.2) is 31.8 Å². The molecule has 0 aliphatic heterocycles. The number of hydrogen-bond acceptors (Lipinski definition) is 4. The first-order valence-electron chi connectivity index (χ1n) is 6.47. The average Bonchev–Trinajstić information content (AvgIpc) is 2.36. The molecule has 0 amide bonds. The van der Waals surface area contributed by atoms with Crippen LogP contribution in [0.2, 0.25) is 0 Å². The fourth-order valence-electron chi connectivity index (χ4n) is 1.89. The van der Waals surface area contributed by atoms with E-state index in [0.29, 0.717) is 18.0 Å². The molecule has 0 fully saturated rings. The molecule has 112 valence electrons. The summed E-state index contributed by atoms with van der Waals surface area (Å²) in [5.41, 5.74) is 1.91. The van der Waals surface area contributed by atoms with Crippen molar-refractivity contribution in [1.82, 2.24) is 5.32 Å². The van der Waals surface area contributed by atoms with Crippen molar-refractivity contribution in [2.24, 2.45) is 0 Å². The van der Waals surface area contributed by atoms with Crippen LogP contribution in [0.15, 0.2) is 12.1 Å². The Hall–Kier alpha value is -1.75. The summed E-state index contributed by atoms with van der Waals surface area (Å²) in [7, 11) is 3.20. The molecule has 0 saturated carbocycles. The molecule has 0 spiro atoms. The first-order chi connectivity index (χ1) is 9.29. The maximum Gasteiger partial charge on any atom is 0.317 e.